The van der Waals surface area contributed by atoms with Crippen molar-refractivity contribution in [2.24, 2.45) is 17.8 Å². The molecule has 3 rings (SSSR count). The fourth-order valence-electron chi connectivity index (χ4n) is 3.27. The van der Waals surface area contributed by atoms with E-state index in [0.29, 0.717) is 18.8 Å². The molecule has 1 heterocycles. The van der Waals surface area contributed by atoms with Gasteiger partial charge in [0.2, 0.25) is 0 Å². The Hall–Kier alpha value is -1.42. The van der Waals surface area contributed by atoms with Gasteiger partial charge in [0.25, 0.3) is 0 Å². The van der Waals surface area contributed by atoms with E-state index >= 15 is 0 Å². The van der Waals surface area contributed by atoms with Crippen molar-refractivity contribution < 1.29 is 4.74 Å². The van der Waals surface area contributed by atoms with Crippen molar-refractivity contribution in [2.75, 3.05) is 0 Å². The van der Waals surface area contributed by atoms with Gasteiger partial charge in [0.15, 0.2) is 6.73 Å². The van der Waals surface area contributed by atoms with Crippen LogP contribution in [0.1, 0.15) is 40.0 Å². The van der Waals surface area contributed by atoms with Gasteiger partial charge in [-0.05, 0) is 49.1 Å². The van der Waals surface area contributed by atoms with Gasteiger partial charge >= 0.3 is 0 Å². The van der Waals surface area contributed by atoms with Gasteiger partial charge in [-0.15, -0.1) is 0 Å². The summed E-state index contributed by atoms with van der Waals surface area (Å²) in [6, 6.07) is 7.94. The molecule has 3 atom stereocenters. The molecule has 1 aromatic heterocycles. The van der Waals surface area contributed by atoms with Crippen LogP contribution in [0.5, 0.6) is 0 Å². The fourth-order valence-corrected chi connectivity index (χ4v) is 3.27. The molecule has 1 aliphatic rings. The van der Waals surface area contributed by atoms with Crippen LogP contribution >= 0.6 is 0 Å². The van der Waals surface area contributed by atoms with Gasteiger partial charge in [-0.1, -0.05) is 32.9 Å². The minimum atomic E-state index is 0.334. The van der Waals surface area contributed by atoms with Crippen LogP contribution in [0.2, 0.25) is 0 Å². The number of benzene rings is 1. The quantitative estimate of drug-likeness (QED) is 0.857. The largest absolute Gasteiger partial charge is 0.354 e. The topological polar surface area (TPSA) is 39.9 Å². The van der Waals surface area contributed by atoms with E-state index in [2.05, 4.69) is 31.0 Å². The van der Waals surface area contributed by atoms with Gasteiger partial charge in [0.05, 0.1) is 6.10 Å². The molecule has 4 heteroatoms. The summed E-state index contributed by atoms with van der Waals surface area (Å²) >= 11 is 0. The normalized spacial score (nSPS) is 26.6. The smallest absolute Gasteiger partial charge is 0.159 e. The number of ether oxygens (including phenoxy) is 1. The van der Waals surface area contributed by atoms with E-state index in [1.807, 2.05) is 24.3 Å². The van der Waals surface area contributed by atoms with Crippen LogP contribution < -0.4 is 0 Å². The van der Waals surface area contributed by atoms with Gasteiger partial charge < -0.3 is 4.74 Å². The molecule has 1 aliphatic carbocycles. The molecule has 4 nitrogen and oxygen atoms in total. The molecule has 0 aliphatic heterocycles. The number of fused-ring (bicyclic) bond motifs is 1. The standard InChI is InChI=1S/C17H25N3O/c1-12(2)14-9-8-13(3)17(10-14)21-11-20-18-15-6-4-5-7-16(15)19-20/h4-7,12-14,17H,8-11H2,1-3H3. The highest BCUT2D eigenvalue weighted by Gasteiger charge is 2.30. The average molecular weight is 287 g/mol. The summed E-state index contributed by atoms with van der Waals surface area (Å²) < 4.78 is 6.13. The van der Waals surface area contributed by atoms with Crippen LogP contribution in [0.3, 0.4) is 0 Å². The lowest BCUT2D eigenvalue weighted by Crippen LogP contribution is -2.33. The summed E-state index contributed by atoms with van der Waals surface area (Å²) in [6.07, 6.45) is 4.10. The van der Waals surface area contributed by atoms with E-state index < -0.39 is 0 Å². The van der Waals surface area contributed by atoms with Gasteiger partial charge in [0, 0.05) is 0 Å². The Kier molecular flexibility index (Phi) is 4.24. The van der Waals surface area contributed by atoms with Gasteiger partial charge in [0.1, 0.15) is 11.0 Å². The molecular formula is C17H25N3O. The van der Waals surface area contributed by atoms with Gasteiger partial charge in [-0.2, -0.15) is 15.0 Å². The maximum atomic E-state index is 6.13. The molecule has 3 unspecified atom stereocenters. The highest BCUT2D eigenvalue weighted by molar-refractivity contribution is 5.72. The first-order valence-corrected chi connectivity index (χ1v) is 8.05. The summed E-state index contributed by atoms with van der Waals surface area (Å²) in [5.74, 6) is 2.16. The molecule has 21 heavy (non-hydrogen) atoms. The molecule has 114 valence electrons. The monoisotopic (exact) mass is 287 g/mol. The zero-order chi connectivity index (χ0) is 14.8. The van der Waals surface area contributed by atoms with Crippen LogP contribution in [-0.4, -0.2) is 21.1 Å². The lowest BCUT2D eigenvalue weighted by Gasteiger charge is -2.35. The van der Waals surface area contributed by atoms with E-state index in [1.165, 1.54) is 19.3 Å². The van der Waals surface area contributed by atoms with Crippen molar-refractivity contribution in [2.45, 2.75) is 52.9 Å². The molecule has 0 N–H and O–H groups in total. The summed E-state index contributed by atoms with van der Waals surface area (Å²) in [7, 11) is 0. The molecule has 0 amide bonds. The van der Waals surface area contributed by atoms with Crippen LogP contribution in [0, 0.1) is 17.8 Å². The highest BCUT2D eigenvalue weighted by atomic mass is 16.5. The van der Waals surface area contributed by atoms with E-state index in [-0.39, 0.29) is 0 Å². The predicted octanol–water partition coefficient (Wildman–Crippen LogP) is 3.87. The number of hydrogen-bond donors (Lipinski definition) is 0. The van der Waals surface area contributed by atoms with E-state index in [4.69, 9.17) is 4.74 Å². The minimum absolute atomic E-state index is 0.334. The molecule has 1 saturated carbocycles. The molecule has 0 radical (unpaired) electrons. The minimum Gasteiger partial charge on any atom is -0.354 e. The van der Waals surface area contributed by atoms with Gasteiger partial charge in [-0.25, -0.2) is 0 Å². The SMILES string of the molecule is CC(C)C1CCC(C)C(OCn2nc3ccccc3n2)C1. The Morgan fingerprint density at radius 3 is 2.48 bits per heavy atom. The van der Waals surface area contributed by atoms with Crippen LogP contribution in [-0.2, 0) is 11.5 Å². The first-order chi connectivity index (χ1) is 10.1. The van der Waals surface area contributed by atoms with Crippen molar-refractivity contribution in [1.82, 2.24) is 15.0 Å². The second-order valence-corrected chi connectivity index (χ2v) is 6.69. The Balaban J connectivity index is 1.63. The van der Waals surface area contributed by atoms with E-state index in [9.17, 15) is 0 Å². The van der Waals surface area contributed by atoms with Crippen LogP contribution in [0.4, 0.5) is 0 Å². The van der Waals surface area contributed by atoms with Crippen molar-refractivity contribution >= 4 is 11.0 Å². The predicted molar refractivity (Wildman–Crippen MR) is 83.7 cm³/mol. The molecule has 0 spiro atoms. The second-order valence-electron chi connectivity index (χ2n) is 6.69. The van der Waals surface area contributed by atoms with Crippen LogP contribution in [0.15, 0.2) is 24.3 Å². The summed E-state index contributed by atoms with van der Waals surface area (Å²) in [6.45, 7) is 7.39. The molecular weight excluding hydrogens is 262 g/mol. The lowest BCUT2D eigenvalue weighted by atomic mass is 9.76. The van der Waals surface area contributed by atoms with Crippen molar-refractivity contribution in [3.8, 4) is 0 Å². The van der Waals surface area contributed by atoms with Crippen molar-refractivity contribution in [3.63, 3.8) is 0 Å². The second kappa shape index (κ2) is 6.14. The maximum absolute atomic E-state index is 6.13. The van der Waals surface area contributed by atoms with E-state index in [0.717, 1.165) is 22.9 Å². The Morgan fingerprint density at radius 1 is 1.19 bits per heavy atom. The fraction of sp³-hybridized carbons (Fsp3) is 0.647. The number of aromatic nitrogens is 3. The summed E-state index contributed by atoms with van der Waals surface area (Å²) in [4.78, 5) is 1.68. The third-order valence-electron chi connectivity index (χ3n) is 4.84. The zero-order valence-electron chi connectivity index (χ0n) is 13.2. The number of nitrogens with zero attached hydrogens (tertiary/aromatic N) is 3. The third-order valence-corrected chi connectivity index (χ3v) is 4.84. The van der Waals surface area contributed by atoms with Crippen LogP contribution in [0.25, 0.3) is 11.0 Å². The zero-order valence-corrected chi connectivity index (χ0v) is 13.2. The Labute approximate surface area is 126 Å². The summed E-state index contributed by atoms with van der Waals surface area (Å²) in [5, 5.41) is 8.91. The molecule has 2 aromatic rings. The number of hydrogen-bond acceptors (Lipinski definition) is 3. The lowest BCUT2D eigenvalue weighted by molar-refractivity contribution is -0.0655. The molecule has 0 bridgehead atoms. The Morgan fingerprint density at radius 2 is 1.86 bits per heavy atom. The molecule has 1 aromatic carbocycles. The average Bonchev–Trinajstić information content (AvgIpc) is 2.89. The number of rotatable bonds is 4. The molecule has 1 fully saturated rings. The van der Waals surface area contributed by atoms with E-state index in [1.54, 1.807) is 4.80 Å². The third kappa shape index (κ3) is 3.26. The first-order valence-electron chi connectivity index (χ1n) is 8.05. The van der Waals surface area contributed by atoms with Crippen molar-refractivity contribution in [3.05, 3.63) is 24.3 Å². The highest BCUT2D eigenvalue weighted by Crippen LogP contribution is 2.35. The maximum Gasteiger partial charge on any atom is 0.159 e. The van der Waals surface area contributed by atoms with Crippen molar-refractivity contribution in [1.29, 1.82) is 0 Å². The first kappa shape index (κ1) is 14.5. The summed E-state index contributed by atoms with van der Waals surface area (Å²) in [5.41, 5.74) is 1.86. The molecule has 0 saturated heterocycles. The van der Waals surface area contributed by atoms with Gasteiger partial charge in [-0.3, -0.25) is 0 Å². The Bertz CT molecular complexity index is 559.